The molecule has 2 aromatic rings. The van der Waals surface area contributed by atoms with Crippen molar-refractivity contribution in [3.63, 3.8) is 0 Å². The van der Waals surface area contributed by atoms with Crippen molar-refractivity contribution in [1.82, 2.24) is 5.32 Å². The first-order valence-electron chi connectivity index (χ1n) is 6.53. The van der Waals surface area contributed by atoms with Crippen LogP contribution in [0.3, 0.4) is 0 Å². The van der Waals surface area contributed by atoms with Crippen molar-refractivity contribution < 1.29 is 18.3 Å². The van der Waals surface area contributed by atoms with E-state index in [1.54, 1.807) is 24.3 Å². The lowest BCUT2D eigenvalue weighted by Gasteiger charge is -2.08. The molecule has 0 heterocycles. The van der Waals surface area contributed by atoms with Crippen molar-refractivity contribution in [2.75, 3.05) is 13.2 Å². The van der Waals surface area contributed by atoms with Gasteiger partial charge in [-0.1, -0.05) is 24.3 Å². The van der Waals surface area contributed by atoms with Crippen molar-refractivity contribution in [2.45, 2.75) is 6.42 Å². The Hall–Kier alpha value is -2.43. The summed E-state index contributed by atoms with van der Waals surface area (Å²) in [4.78, 5) is 11.6. The number of carbonyl (C=O) groups excluding carboxylic acids is 1. The van der Waals surface area contributed by atoms with Crippen LogP contribution in [-0.2, 0) is 11.2 Å². The lowest BCUT2D eigenvalue weighted by atomic mass is 10.1. The number of ether oxygens (including phenoxy) is 1. The summed E-state index contributed by atoms with van der Waals surface area (Å²) in [6, 6.07) is 12.0. The normalized spacial score (nSPS) is 10.2. The van der Waals surface area contributed by atoms with Crippen molar-refractivity contribution >= 4 is 5.91 Å². The van der Waals surface area contributed by atoms with E-state index in [9.17, 15) is 13.6 Å². The van der Waals surface area contributed by atoms with Crippen molar-refractivity contribution in [2.24, 2.45) is 0 Å². The molecule has 2 aromatic carbocycles. The molecule has 0 saturated heterocycles. The Balaban J connectivity index is 1.72. The molecule has 0 spiro atoms. The zero-order valence-corrected chi connectivity index (χ0v) is 11.3. The number of rotatable bonds is 6. The molecule has 21 heavy (non-hydrogen) atoms. The van der Waals surface area contributed by atoms with Gasteiger partial charge in [0.1, 0.15) is 17.4 Å². The first-order valence-corrected chi connectivity index (χ1v) is 6.53. The molecule has 0 fully saturated rings. The minimum atomic E-state index is -0.424. The van der Waals surface area contributed by atoms with Crippen LogP contribution in [0.25, 0.3) is 0 Å². The molecule has 0 aliphatic rings. The third-order valence-corrected chi connectivity index (χ3v) is 2.84. The summed E-state index contributed by atoms with van der Waals surface area (Å²) >= 11 is 0. The Morgan fingerprint density at radius 1 is 1.10 bits per heavy atom. The summed E-state index contributed by atoms with van der Waals surface area (Å²) < 4.78 is 31.4. The van der Waals surface area contributed by atoms with E-state index in [0.29, 0.717) is 24.3 Å². The highest BCUT2D eigenvalue weighted by Gasteiger charge is 2.05. The van der Waals surface area contributed by atoms with Crippen LogP contribution in [0.4, 0.5) is 8.78 Å². The van der Waals surface area contributed by atoms with E-state index in [1.807, 2.05) is 0 Å². The molecule has 3 nitrogen and oxygen atoms in total. The molecule has 1 N–H and O–H groups in total. The Bertz CT molecular complexity index is 617. The van der Waals surface area contributed by atoms with Gasteiger partial charge in [-0.15, -0.1) is 0 Å². The fourth-order valence-electron chi connectivity index (χ4n) is 1.79. The summed E-state index contributed by atoms with van der Waals surface area (Å²) in [6.07, 6.45) is 0.401. The first kappa shape index (κ1) is 15.0. The minimum absolute atomic E-state index is 0.208. The predicted octanol–water partition coefficient (Wildman–Crippen LogP) is 2.70. The molecule has 2 rings (SSSR count). The SMILES string of the molecule is O=C(COc1cccc(F)c1)NCCc1ccccc1F. The van der Waals surface area contributed by atoms with Gasteiger partial charge in [0.15, 0.2) is 6.61 Å². The van der Waals surface area contributed by atoms with Gasteiger partial charge in [-0.2, -0.15) is 0 Å². The van der Waals surface area contributed by atoms with E-state index in [0.717, 1.165) is 0 Å². The molecule has 0 unspecified atom stereocenters. The van der Waals surface area contributed by atoms with Crippen LogP contribution in [-0.4, -0.2) is 19.1 Å². The second-order valence-electron chi connectivity index (χ2n) is 4.44. The maximum atomic E-state index is 13.3. The third-order valence-electron chi connectivity index (χ3n) is 2.84. The highest BCUT2D eigenvalue weighted by Crippen LogP contribution is 2.11. The number of amides is 1. The second-order valence-corrected chi connectivity index (χ2v) is 4.44. The predicted molar refractivity (Wildman–Crippen MR) is 75.0 cm³/mol. The van der Waals surface area contributed by atoms with Crippen LogP contribution in [0.2, 0.25) is 0 Å². The summed E-state index contributed by atoms with van der Waals surface area (Å²) in [5.41, 5.74) is 0.545. The Labute approximate surface area is 121 Å². The van der Waals surface area contributed by atoms with Gasteiger partial charge in [0.2, 0.25) is 0 Å². The largest absolute Gasteiger partial charge is 0.484 e. The maximum absolute atomic E-state index is 13.3. The average molecular weight is 291 g/mol. The van der Waals surface area contributed by atoms with Crippen LogP contribution < -0.4 is 10.1 Å². The van der Waals surface area contributed by atoms with Crippen LogP contribution in [0, 0.1) is 11.6 Å². The van der Waals surface area contributed by atoms with Gasteiger partial charge in [-0.3, -0.25) is 4.79 Å². The zero-order chi connectivity index (χ0) is 15.1. The van der Waals surface area contributed by atoms with Gasteiger partial charge in [-0.25, -0.2) is 8.78 Å². The van der Waals surface area contributed by atoms with Gasteiger partial charge >= 0.3 is 0 Å². The number of benzene rings is 2. The van der Waals surface area contributed by atoms with E-state index in [-0.39, 0.29) is 18.3 Å². The third kappa shape index (κ3) is 4.87. The van der Waals surface area contributed by atoms with E-state index < -0.39 is 5.82 Å². The molecule has 0 atom stereocenters. The van der Waals surface area contributed by atoms with Crippen molar-refractivity contribution in [3.8, 4) is 5.75 Å². The summed E-state index contributed by atoms with van der Waals surface area (Å²) in [7, 11) is 0. The zero-order valence-electron chi connectivity index (χ0n) is 11.3. The second kappa shape index (κ2) is 7.38. The maximum Gasteiger partial charge on any atom is 0.257 e. The fraction of sp³-hybridized carbons (Fsp3) is 0.188. The highest BCUT2D eigenvalue weighted by atomic mass is 19.1. The van der Waals surface area contributed by atoms with E-state index in [1.165, 1.54) is 24.3 Å². The molecule has 110 valence electrons. The van der Waals surface area contributed by atoms with Crippen molar-refractivity contribution in [1.29, 1.82) is 0 Å². The van der Waals surface area contributed by atoms with Crippen LogP contribution in [0.1, 0.15) is 5.56 Å². The standard InChI is InChI=1S/C16H15F2NO2/c17-13-5-3-6-14(10-13)21-11-16(20)19-9-8-12-4-1-2-7-15(12)18/h1-7,10H,8-9,11H2,(H,19,20). The Morgan fingerprint density at radius 3 is 2.67 bits per heavy atom. The molecule has 5 heteroatoms. The number of halogens is 2. The van der Waals surface area contributed by atoms with Gasteiger partial charge in [0, 0.05) is 12.6 Å². The quantitative estimate of drug-likeness (QED) is 0.888. The molecule has 0 bridgehead atoms. The summed E-state index contributed by atoms with van der Waals surface area (Å²) in [5, 5.41) is 2.62. The fourth-order valence-corrected chi connectivity index (χ4v) is 1.79. The topological polar surface area (TPSA) is 38.3 Å². The van der Waals surface area contributed by atoms with Gasteiger partial charge in [0.25, 0.3) is 5.91 Å². The van der Waals surface area contributed by atoms with Crippen LogP contribution in [0.5, 0.6) is 5.75 Å². The summed E-state index contributed by atoms with van der Waals surface area (Å²) in [6.45, 7) is 0.104. The number of carbonyl (C=O) groups is 1. The van der Waals surface area contributed by atoms with Gasteiger partial charge in [0.05, 0.1) is 0 Å². The number of nitrogens with one attached hydrogen (secondary N) is 1. The summed E-state index contributed by atoms with van der Waals surface area (Å²) in [5.74, 6) is -0.759. The van der Waals surface area contributed by atoms with E-state index in [2.05, 4.69) is 5.32 Å². The lowest BCUT2D eigenvalue weighted by Crippen LogP contribution is -2.30. The first-order chi connectivity index (χ1) is 10.1. The van der Waals surface area contributed by atoms with E-state index >= 15 is 0 Å². The van der Waals surface area contributed by atoms with Crippen LogP contribution >= 0.6 is 0 Å². The average Bonchev–Trinajstić information content (AvgIpc) is 2.47. The lowest BCUT2D eigenvalue weighted by molar-refractivity contribution is -0.123. The molecule has 0 radical (unpaired) electrons. The van der Waals surface area contributed by atoms with E-state index in [4.69, 9.17) is 4.74 Å². The van der Waals surface area contributed by atoms with Gasteiger partial charge < -0.3 is 10.1 Å². The monoisotopic (exact) mass is 291 g/mol. The minimum Gasteiger partial charge on any atom is -0.484 e. The molecule has 0 saturated carbocycles. The molecule has 0 aliphatic heterocycles. The molecule has 0 aliphatic carbocycles. The molecular formula is C16H15F2NO2. The Kier molecular flexibility index (Phi) is 5.26. The van der Waals surface area contributed by atoms with Crippen molar-refractivity contribution in [3.05, 3.63) is 65.7 Å². The molecule has 0 aromatic heterocycles. The van der Waals surface area contributed by atoms with Gasteiger partial charge in [-0.05, 0) is 30.2 Å². The number of hydrogen-bond acceptors (Lipinski definition) is 2. The Morgan fingerprint density at radius 2 is 1.90 bits per heavy atom. The molecular weight excluding hydrogens is 276 g/mol. The van der Waals surface area contributed by atoms with Crippen LogP contribution in [0.15, 0.2) is 48.5 Å². The highest BCUT2D eigenvalue weighted by molar-refractivity contribution is 5.77. The molecule has 1 amide bonds. The number of hydrogen-bond donors (Lipinski definition) is 1. The smallest absolute Gasteiger partial charge is 0.257 e.